The van der Waals surface area contributed by atoms with Gasteiger partial charge in [-0.05, 0) is 41.3 Å². The SMILES string of the molecule is Cn1c(COc2ccc(C(C)(C)C)cc2)nnc1SCc1csc(-c2ccc3c(c2)OCO3)n1. The topological polar surface area (TPSA) is 71.3 Å². The fraction of sp³-hybridized carbons (Fsp3) is 0.320. The van der Waals surface area contributed by atoms with E-state index in [0.717, 1.165) is 44.5 Å². The number of aromatic nitrogens is 4. The molecule has 1 aliphatic rings. The van der Waals surface area contributed by atoms with Crippen molar-refractivity contribution >= 4 is 23.1 Å². The van der Waals surface area contributed by atoms with Crippen LogP contribution in [0.5, 0.6) is 17.2 Å². The first-order valence-electron chi connectivity index (χ1n) is 11.0. The summed E-state index contributed by atoms with van der Waals surface area (Å²) >= 11 is 3.23. The highest BCUT2D eigenvalue weighted by atomic mass is 32.2. The molecule has 0 N–H and O–H groups in total. The second kappa shape index (κ2) is 9.31. The third kappa shape index (κ3) is 4.90. The largest absolute Gasteiger partial charge is 0.486 e. The summed E-state index contributed by atoms with van der Waals surface area (Å²) in [6, 6.07) is 14.1. The quantitative estimate of drug-likeness (QED) is 0.299. The van der Waals surface area contributed by atoms with E-state index in [1.54, 1.807) is 23.1 Å². The number of thiazole rings is 1. The maximum absolute atomic E-state index is 5.94. The minimum atomic E-state index is 0.122. The van der Waals surface area contributed by atoms with E-state index in [9.17, 15) is 0 Å². The Kier molecular flexibility index (Phi) is 6.22. The van der Waals surface area contributed by atoms with Gasteiger partial charge in [0.1, 0.15) is 17.4 Å². The van der Waals surface area contributed by atoms with Crippen molar-refractivity contribution in [2.45, 2.75) is 43.7 Å². The van der Waals surface area contributed by atoms with Crippen LogP contribution in [-0.2, 0) is 24.8 Å². The standard InChI is InChI=1S/C25H26N4O3S2/c1-25(2,3)17-6-8-19(9-7-17)30-12-22-27-28-24(29(22)4)34-14-18-13-33-23(26-18)16-5-10-20-21(11-16)32-15-31-20/h5-11,13H,12,14-15H2,1-4H3. The molecule has 176 valence electrons. The number of ether oxygens (including phenoxy) is 3. The molecule has 0 aliphatic carbocycles. The second-order valence-corrected chi connectivity index (χ2v) is 10.8. The van der Waals surface area contributed by atoms with Crippen LogP contribution in [0.3, 0.4) is 0 Å². The number of hydrogen-bond acceptors (Lipinski definition) is 8. The minimum Gasteiger partial charge on any atom is -0.486 e. The number of fused-ring (bicyclic) bond motifs is 1. The number of benzene rings is 2. The zero-order chi connectivity index (χ0) is 23.7. The number of hydrogen-bond donors (Lipinski definition) is 0. The van der Waals surface area contributed by atoms with Crippen molar-refractivity contribution in [3.63, 3.8) is 0 Å². The zero-order valence-electron chi connectivity index (χ0n) is 19.6. The van der Waals surface area contributed by atoms with Gasteiger partial charge in [0, 0.05) is 23.7 Å². The summed E-state index contributed by atoms with van der Waals surface area (Å²) in [5, 5.41) is 12.5. The molecule has 0 atom stereocenters. The molecule has 0 radical (unpaired) electrons. The third-order valence-corrected chi connectivity index (χ3v) is 7.53. The molecule has 1 aliphatic heterocycles. The molecular weight excluding hydrogens is 468 g/mol. The average Bonchev–Trinajstić information content (AvgIpc) is 3.56. The monoisotopic (exact) mass is 494 g/mol. The van der Waals surface area contributed by atoms with Crippen LogP contribution in [0.2, 0.25) is 0 Å². The van der Waals surface area contributed by atoms with E-state index in [1.165, 1.54) is 5.56 Å². The minimum absolute atomic E-state index is 0.122. The first-order valence-corrected chi connectivity index (χ1v) is 12.8. The second-order valence-electron chi connectivity index (χ2n) is 9.02. The molecule has 4 aromatic rings. The van der Waals surface area contributed by atoms with Crippen molar-refractivity contribution in [2.75, 3.05) is 6.79 Å². The lowest BCUT2D eigenvalue weighted by molar-refractivity contribution is 0.174. The van der Waals surface area contributed by atoms with Crippen molar-refractivity contribution in [1.29, 1.82) is 0 Å². The highest BCUT2D eigenvalue weighted by Gasteiger charge is 2.17. The number of rotatable bonds is 7. The van der Waals surface area contributed by atoms with Gasteiger partial charge < -0.3 is 18.8 Å². The Bertz CT molecular complexity index is 1290. The van der Waals surface area contributed by atoms with E-state index in [1.807, 2.05) is 41.9 Å². The normalized spacial score (nSPS) is 12.8. The van der Waals surface area contributed by atoms with E-state index in [4.69, 9.17) is 19.2 Å². The van der Waals surface area contributed by atoms with E-state index >= 15 is 0 Å². The lowest BCUT2D eigenvalue weighted by atomic mass is 9.87. The predicted molar refractivity (Wildman–Crippen MR) is 134 cm³/mol. The van der Waals surface area contributed by atoms with Crippen LogP contribution in [0.1, 0.15) is 37.9 Å². The Balaban J connectivity index is 1.18. The van der Waals surface area contributed by atoms with E-state index in [2.05, 4.69) is 48.5 Å². The van der Waals surface area contributed by atoms with Crippen LogP contribution in [0.25, 0.3) is 10.6 Å². The van der Waals surface area contributed by atoms with Crippen molar-refractivity contribution < 1.29 is 14.2 Å². The molecule has 2 aromatic heterocycles. The Hall–Kier alpha value is -3.04. The fourth-order valence-corrected chi connectivity index (χ4v) is 5.21. The van der Waals surface area contributed by atoms with Gasteiger partial charge in [-0.2, -0.15) is 0 Å². The lowest BCUT2D eigenvalue weighted by Gasteiger charge is -2.19. The molecule has 0 amide bonds. The molecular formula is C25H26N4O3S2. The first-order chi connectivity index (χ1) is 16.4. The first kappa shape index (κ1) is 22.7. The summed E-state index contributed by atoms with van der Waals surface area (Å²) < 4.78 is 18.8. The molecule has 3 heterocycles. The summed E-state index contributed by atoms with van der Waals surface area (Å²) in [5.74, 6) is 3.86. The summed E-state index contributed by atoms with van der Waals surface area (Å²) in [5.41, 5.74) is 3.43. The van der Waals surface area contributed by atoms with Crippen molar-refractivity contribution in [1.82, 2.24) is 19.7 Å². The molecule has 2 aromatic carbocycles. The Morgan fingerprint density at radius 3 is 2.65 bits per heavy atom. The van der Waals surface area contributed by atoms with Gasteiger partial charge in [0.15, 0.2) is 22.5 Å². The van der Waals surface area contributed by atoms with E-state index in [-0.39, 0.29) is 12.2 Å². The van der Waals surface area contributed by atoms with E-state index < -0.39 is 0 Å². The third-order valence-electron chi connectivity index (χ3n) is 5.53. The number of nitrogens with zero attached hydrogens (tertiary/aromatic N) is 4. The van der Waals surface area contributed by atoms with Crippen LogP contribution in [0.15, 0.2) is 53.0 Å². The molecule has 5 rings (SSSR count). The van der Waals surface area contributed by atoms with Gasteiger partial charge in [0.05, 0.1) is 5.69 Å². The fourth-order valence-electron chi connectivity index (χ4n) is 3.47. The molecule has 0 spiro atoms. The smallest absolute Gasteiger partial charge is 0.231 e. The lowest BCUT2D eigenvalue weighted by Crippen LogP contribution is -2.10. The molecule has 9 heteroatoms. The van der Waals surface area contributed by atoms with Gasteiger partial charge in [0.25, 0.3) is 0 Å². The van der Waals surface area contributed by atoms with Crippen LogP contribution < -0.4 is 14.2 Å². The Morgan fingerprint density at radius 1 is 1.06 bits per heavy atom. The summed E-state index contributed by atoms with van der Waals surface area (Å²) in [7, 11) is 1.96. The number of thioether (sulfide) groups is 1. The molecule has 0 fully saturated rings. The van der Waals surface area contributed by atoms with Gasteiger partial charge in [-0.15, -0.1) is 21.5 Å². The maximum atomic E-state index is 5.94. The summed E-state index contributed by atoms with van der Waals surface area (Å²) in [6.45, 7) is 7.24. The summed E-state index contributed by atoms with van der Waals surface area (Å²) in [4.78, 5) is 4.78. The van der Waals surface area contributed by atoms with Crippen LogP contribution in [0, 0.1) is 0 Å². The highest BCUT2D eigenvalue weighted by Crippen LogP contribution is 2.37. The Labute approximate surface area is 207 Å². The Morgan fingerprint density at radius 2 is 1.85 bits per heavy atom. The van der Waals surface area contributed by atoms with Crippen LogP contribution in [0.4, 0.5) is 0 Å². The molecule has 34 heavy (non-hydrogen) atoms. The van der Waals surface area contributed by atoms with Gasteiger partial charge >= 0.3 is 0 Å². The zero-order valence-corrected chi connectivity index (χ0v) is 21.2. The van der Waals surface area contributed by atoms with Gasteiger partial charge in [0.2, 0.25) is 6.79 Å². The molecule has 0 unspecified atom stereocenters. The van der Waals surface area contributed by atoms with Gasteiger partial charge in [-0.3, -0.25) is 0 Å². The van der Waals surface area contributed by atoms with Crippen molar-refractivity contribution in [2.24, 2.45) is 7.05 Å². The average molecular weight is 495 g/mol. The molecule has 7 nitrogen and oxygen atoms in total. The van der Waals surface area contributed by atoms with Crippen molar-refractivity contribution in [3.8, 4) is 27.8 Å². The van der Waals surface area contributed by atoms with Crippen LogP contribution >= 0.6 is 23.1 Å². The van der Waals surface area contributed by atoms with Gasteiger partial charge in [-0.1, -0.05) is 44.7 Å². The molecule has 0 bridgehead atoms. The van der Waals surface area contributed by atoms with E-state index in [0.29, 0.717) is 12.4 Å². The maximum Gasteiger partial charge on any atom is 0.231 e. The summed E-state index contributed by atoms with van der Waals surface area (Å²) in [6.07, 6.45) is 0. The molecule has 0 saturated carbocycles. The highest BCUT2D eigenvalue weighted by molar-refractivity contribution is 7.98. The van der Waals surface area contributed by atoms with Crippen molar-refractivity contribution in [3.05, 3.63) is 64.9 Å². The molecule has 0 saturated heterocycles. The van der Waals surface area contributed by atoms with Crippen LogP contribution in [-0.4, -0.2) is 26.5 Å². The van der Waals surface area contributed by atoms with Gasteiger partial charge in [-0.25, -0.2) is 4.98 Å². The predicted octanol–water partition coefficient (Wildman–Crippen LogP) is 5.84.